The first-order valence-corrected chi connectivity index (χ1v) is 13.5. The molecule has 5 rings (SSSR count). The summed E-state index contributed by atoms with van der Waals surface area (Å²) in [5.74, 6) is -0.0174. The maximum atomic E-state index is 13.0. The zero-order chi connectivity index (χ0) is 25.8. The van der Waals surface area contributed by atoms with Crippen LogP contribution < -0.4 is 4.90 Å². The fourth-order valence-corrected chi connectivity index (χ4v) is 6.28. The monoisotopic (exact) mass is 518 g/mol. The number of ketones is 1. The van der Waals surface area contributed by atoms with Gasteiger partial charge in [-0.1, -0.05) is 52.8 Å². The van der Waals surface area contributed by atoms with Gasteiger partial charge in [-0.25, -0.2) is 4.98 Å². The van der Waals surface area contributed by atoms with E-state index in [-0.39, 0.29) is 5.78 Å². The summed E-state index contributed by atoms with van der Waals surface area (Å²) >= 11 is 7.92. The van der Waals surface area contributed by atoms with Gasteiger partial charge in [-0.15, -0.1) is 0 Å². The molecule has 6 heteroatoms. The molecule has 0 spiro atoms. The molecule has 1 aliphatic heterocycles. The number of nitrogens with zero attached hydrogens (tertiary/aromatic N) is 2. The molecule has 0 amide bonds. The van der Waals surface area contributed by atoms with Crippen LogP contribution in [0.3, 0.4) is 0 Å². The summed E-state index contributed by atoms with van der Waals surface area (Å²) in [4.78, 5) is 20.4. The van der Waals surface area contributed by atoms with E-state index in [9.17, 15) is 4.79 Å². The first-order valence-electron chi connectivity index (χ1n) is 12.3. The molecular weight excluding hydrogens is 488 g/mol. The quantitative estimate of drug-likeness (QED) is 0.266. The number of halogens is 1. The summed E-state index contributed by atoms with van der Waals surface area (Å²) in [5, 5.41) is 1.64. The van der Waals surface area contributed by atoms with Crippen molar-refractivity contribution in [2.75, 3.05) is 11.4 Å². The van der Waals surface area contributed by atoms with Gasteiger partial charge in [0.2, 0.25) is 0 Å². The molecule has 1 atom stereocenters. The van der Waals surface area contributed by atoms with Crippen LogP contribution in [0, 0.1) is 13.8 Å². The molecule has 4 nitrogen and oxygen atoms in total. The maximum Gasteiger partial charge on any atom is 0.191 e. The first-order chi connectivity index (χ1) is 17.0. The van der Waals surface area contributed by atoms with E-state index in [4.69, 9.17) is 21.3 Å². The van der Waals surface area contributed by atoms with E-state index >= 15 is 0 Å². The fraction of sp³-hybridized carbons (Fsp3) is 0.333. The van der Waals surface area contributed by atoms with Crippen LogP contribution in [-0.2, 0) is 16.0 Å². The lowest BCUT2D eigenvalue weighted by molar-refractivity contribution is -0.138. The number of Topliss-reactive ketones (excluding diaryl/α,β-unsaturated/α-hetero) is 1. The Bertz CT molecular complexity index is 1470. The maximum absolute atomic E-state index is 13.0. The molecule has 3 aromatic carbocycles. The number of carbonyl (C=O) groups excluding carboxylic acids is 1. The summed E-state index contributed by atoms with van der Waals surface area (Å²) in [5.41, 5.74) is 8.20. The van der Waals surface area contributed by atoms with Crippen LogP contribution in [0.25, 0.3) is 21.3 Å². The molecular formula is C30H31ClN2O2S. The molecule has 0 unspecified atom stereocenters. The van der Waals surface area contributed by atoms with Crippen LogP contribution in [-0.4, -0.2) is 22.9 Å². The number of aromatic nitrogens is 1. The Hall–Kier alpha value is -2.73. The Labute approximate surface area is 221 Å². The van der Waals surface area contributed by atoms with Crippen LogP contribution in [0.15, 0.2) is 48.5 Å². The molecule has 0 aliphatic carbocycles. The van der Waals surface area contributed by atoms with Gasteiger partial charge in [-0.3, -0.25) is 4.79 Å². The Balaban J connectivity index is 1.74. The standard InChI is InChI=1S/C30H31ClN2O2S/c1-17-7-12-24-21(15-17)13-14-33(24)29-32-23-16-18(2)25(27(19(3)34)35-30(4,5)6)26(28(23)36-29)20-8-10-22(31)11-9-20/h7-12,15-16,27H,13-14H2,1-6H3/t27-/m1/s1. The van der Waals surface area contributed by atoms with Gasteiger partial charge in [0.1, 0.15) is 6.10 Å². The van der Waals surface area contributed by atoms with Gasteiger partial charge >= 0.3 is 0 Å². The van der Waals surface area contributed by atoms with Gasteiger partial charge in [0, 0.05) is 28.4 Å². The van der Waals surface area contributed by atoms with Crippen molar-refractivity contribution in [1.82, 2.24) is 4.98 Å². The predicted molar refractivity (Wildman–Crippen MR) is 151 cm³/mol. The minimum atomic E-state index is -0.680. The van der Waals surface area contributed by atoms with Crippen molar-refractivity contribution in [3.8, 4) is 11.1 Å². The van der Waals surface area contributed by atoms with Gasteiger partial charge in [0.05, 0.1) is 15.8 Å². The number of rotatable bonds is 5. The second-order valence-corrected chi connectivity index (χ2v) is 12.0. The minimum Gasteiger partial charge on any atom is -0.360 e. The highest BCUT2D eigenvalue weighted by Crippen LogP contribution is 2.46. The Morgan fingerprint density at radius 1 is 1.11 bits per heavy atom. The lowest BCUT2D eigenvalue weighted by Crippen LogP contribution is -2.27. The number of carbonyl (C=O) groups is 1. The molecule has 2 heterocycles. The van der Waals surface area contributed by atoms with Gasteiger partial charge < -0.3 is 9.64 Å². The third kappa shape index (κ3) is 4.68. The lowest BCUT2D eigenvalue weighted by Gasteiger charge is -2.29. The number of hydrogen-bond donors (Lipinski definition) is 0. The van der Waals surface area contributed by atoms with Crippen molar-refractivity contribution in [3.05, 3.63) is 75.8 Å². The molecule has 0 saturated heterocycles. The summed E-state index contributed by atoms with van der Waals surface area (Å²) in [6, 6.07) is 16.5. The van der Waals surface area contributed by atoms with E-state index in [1.807, 2.05) is 52.0 Å². The molecule has 1 aromatic heterocycles. The molecule has 0 bridgehead atoms. The van der Waals surface area contributed by atoms with E-state index in [1.54, 1.807) is 18.3 Å². The summed E-state index contributed by atoms with van der Waals surface area (Å²) < 4.78 is 7.42. The first kappa shape index (κ1) is 24.9. The Kier molecular flexibility index (Phi) is 6.44. The molecule has 1 aliphatic rings. The molecule has 36 heavy (non-hydrogen) atoms. The van der Waals surface area contributed by atoms with Crippen LogP contribution in [0.2, 0.25) is 5.02 Å². The number of aryl methyl sites for hydroxylation is 2. The molecule has 4 aromatic rings. The lowest BCUT2D eigenvalue weighted by atomic mass is 9.90. The average Bonchev–Trinajstić information content (AvgIpc) is 3.40. The zero-order valence-electron chi connectivity index (χ0n) is 21.6. The number of anilines is 2. The van der Waals surface area contributed by atoms with E-state index in [2.05, 4.69) is 36.1 Å². The minimum absolute atomic E-state index is 0.0174. The third-order valence-corrected chi connectivity index (χ3v) is 7.88. The summed E-state index contributed by atoms with van der Waals surface area (Å²) in [6.45, 7) is 12.6. The highest BCUT2D eigenvalue weighted by molar-refractivity contribution is 7.22. The Morgan fingerprint density at radius 3 is 2.50 bits per heavy atom. The van der Waals surface area contributed by atoms with Crippen molar-refractivity contribution < 1.29 is 9.53 Å². The smallest absolute Gasteiger partial charge is 0.191 e. The highest BCUT2D eigenvalue weighted by atomic mass is 35.5. The number of fused-ring (bicyclic) bond motifs is 2. The molecule has 0 fully saturated rings. The number of thiazole rings is 1. The van der Waals surface area contributed by atoms with Crippen LogP contribution >= 0.6 is 22.9 Å². The van der Waals surface area contributed by atoms with Crippen molar-refractivity contribution >= 4 is 49.8 Å². The van der Waals surface area contributed by atoms with Crippen LogP contribution in [0.4, 0.5) is 10.8 Å². The highest BCUT2D eigenvalue weighted by Gasteiger charge is 2.31. The van der Waals surface area contributed by atoms with Crippen molar-refractivity contribution in [2.24, 2.45) is 0 Å². The normalized spacial score (nSPS) is 14.4. The fourth-order valence-electron chi connectivity index (χ4n) is 4.98. The average molecular weight is 519 g/mol. The van der Waals surface area contributed by atoms with E-state index in [0.29, 0.717) is 5.02 Å². The number of hydrogen-bond acceptors (Lipinski definition) is 5. The molecule has 186 valence electrons. The number of ether oxygens (including phenoxy) is 1. The van der Waals surface area contributed by atoms with E-state index in [1.165, 1.54) is 16.8 Å². The summed E-state index contributed by atoms with van der Waals surface area (Å²) in [6.07, 6.45) is 0.328. The zero-order valence-corrected chi connectivity index (χ0v) is 23.2. The van der Waals surface area contributed by atoms with Crippen LogP contribution in [0.1, 0.15) is 56.1 Å². The third-order valence-electron chi connectivity index (χ3n) is 6.51. The van der Waals surface area contributed by atoms with E-state index in [0.717, 1.165) is 50.6 Å². The van der Waals surface area contributed by atoms with Crippen LogP contribution in [0.5, 0.6) is 0 Å². The van der Waals surface area contributed by atoms with Gasteiger partial charge in [0.15, 0.2) is 10.9 Å². The van der Waals surface area contributed by atoms with Gasteiger partial charge in [-0.2, -0.15) is 0 Å². The van der Waals surface area contributed by atoms with Crippen molar-refractivity contribution in [3.63, 3.8) is 0 Å². The van der Waals surface area contributed by atoms with Gasteiger partial charge in [0.25, 0.3) is 0 Å². The molecule has 0 saturated carbocycles. The van der Waals surface area contributed by atoms with E-state index < -0.39 is 11.7 Å². The predicted octanol–water partition coefficient (Wildman–Crippen LogP) is 8.37. The topological polar surface area (TPSA) is 42.4 Å². The SMILES string of the molecule is CC(=O)[C@@H](OC(C)(C)C)c1c(C)cc2nc(N3CCc4cc(C)ccc43)sc2c1-c1ccc(Cl)cc1. The largest absolute Gasteiger partial charge is 0.360 e. The second-order valence-electron chi connectivity index (χ2n) is 10.6. The molecule has 0 N–H and O–H groups in total. The van der Waals surface area contributed by atoms with Gasteiger partial charge in [-0.05, 0) is 88.9 Å². The molecule has 0 radical (unpaired) electrons. The second kappa shape index (κ2) is 9.29. The summed E-state index contributed by atoms with van der Waals surface area (Å²) in [7, 11) is 0. The Morgan fingerprint density at radius 2 is 1.83 bits per heavy atom. The van der Waals surface area contributed by atoms with Crippen molar-refractivity contribution in [2.45, 2.75) is 59.7 Å². The number of benzene rings is 3. The van der Waals surface area contributed by atoms with Crippen molar-refractivity contribution in [1.29, 1.82) is 0 Å².